The summed E-state index contributed by atoms with van der Waals surface area (Å²) in [5, 5.41) is 16.1. The molecule has 1 aromatic carbocycles. The molecule has 8 nitrogen and oxygen atoms in total. The number of amides is 2. The number of allylic oxidation sites excluding steroid dienone is 2. The second kappa shape index (κ2) is 11.2. The Balaban J connectivity index is 2.27. The van der Waals surface area contributed by atoms with E-state index in [1.807, 2.05) is 0 Å². The highest BCUT2D eigenvalue weighted by molar-refractivity contribution is 7.89. The molecular formula is C17H23N3O5S. The van der Waals surface area contributed by atoms with Crippen LogP contribution < -0.4 is 15.9 Å². The van der Waals surface area contributed by atoms with Crippen LogP contribution in [0.25, 0.3) is 6.08 Å². The number of primary sulfonamides is 1. The normalized spacial score (nSPS) is 11.8. The van der Waals surface area contributed by atoms with Crippen LogP contribution in [0.4, 0.5) is 0 Å². The van der Waals surface area contributed by atoms with E-state index in [0.717, 1.165) is 18.4 Å². The molecule has 1 rings (SSSR count). The van der Waals surface area contributed by atoms with Crippen molar-refractivity contribution in [2.75, 3.05) is 6.54 Å². The molecular weight excluding hydrogens is 358 g/mol. The third-order valence-electron chi connectivity index (χ3n) is 3.36. The number of rotatable bonds is 10. The zero-order valence-electron chi connectivity index (χ0n) is 14.2. The second-order valence-corrected chi connectivity index (χ2v) is 7.03. The Kier molecular flexibility index (Phi) is 9.27. The molecule has 0 aliphatic heterocycles. The standard InChI is InChI=1S/C17H23N3O5S/c18-26(24,25)15-11-9-14(10-12-15)6-3-4-7-16(21)19-13-5-1-2-8-17(22)20-23/h3-4,6-7,9-12,23H,1-2,5,8,13H2,(H,19,21)(H,20,22)(H2,18,24,25)/b6-3+,7-4+. The monoisotopic (exact) mass is 381 g/mol. The fourth-order valence-electron chi connectivity index (χ4n) is 1.99. The van der Waals surface area contributed by atoms with Gasteiger partial charge in [0.25, 0.3) is 0 Å². The molecule has 142 valence electrons. The molecule has 0 heterocycles. The maximum absolute atomic E-state index is 11.6. The first-order valence-corrected chi connectivity index (χ1v) is 9.56. The van der Waals surface area contributed by atoms with Crippen molar-refractivity contribution in [1.82, 2.24) is 10.8 Å². The largest absolute Gasteiger partial charge is 0.353 e. The molecule has 5 N–H and O–H groups in total. The van der Waals surface area contributed by atoms with Crippen LogP contribution >= 0.6 is 0 Å². The Morgan fingerprint density at radius 3 is 2.38 bits per heavy atom. The van der Waals surface area contributed by atoms with E-state index in [-0.39, 0.29) is 17.2 Å². The molecule has 2 amide bonds. The van der Waals surface area contributed by atoms with Crippen molar-refractivity contribution in [3.8, 4) is 0 Å². The fourth-order valence-corrected chi connectivity index (χ4v) is 2.51. The lowest BCUT2D eigenvalue weighted by molar-refractivity contribution is -0.129. The summed E-state index contributed by atoms with van der Waals surface area (Å²) in [7, 11) is -3.70. The van der Waals surface area contributed by atoms with Gasteiger partial charge in [-0.1, -0.05) is 36.8 Å². The van der Waals surface area contributed by atoms with E-state index in [4.69, 9.17) is 10.3 Å². The lowest BCUT2D eigenvalue weighted by Crippen LogP contribution is -2.22. The summed E-state index contributed by atoms with van der Waals surface area (Å²) in [6.45, 7) is 0.503. The number of unbranched alkanes of at least 4 members (excludes halogenated alkanes) is 2. The Morgan fingerprint density at radius 2 is 1.77 bits per heavy atom. The molecule has 0 saturated carbocycles. The van der Waals surface area contributed by atoms with Gasteiger partial charge in [-0.25, -0.2) is 19.0 Å². The van der Waals surface area contributed by atoms with Gasteiger partial charge in [-0.15, -0.1) is 0 Å². The van der Waals surface area contributed by atoms with Gasteiger partial charge in [0.1, 0.15) is 0 Å². The molecule has 0 spiro atoms. The minimum Gasteiger partial charge on any atom is -0.353 e. The van der Waals surface area contributed by atoms with Gasteiger partial charge < -0.3 is 5.32 Å². The number of nitrogens with one attached hydrogen (secondary N) is 2. The van der Waals surface area contributed by atoms with Gasteiger partial charge in [0, 0.05) is 19.0 Å². The van der Waals surface area contributed by atoms with Gasteiger partial charge in [-0.2, -0.15) is 0 Å². The summed E-state index contributed by atoms with van der Waals surface area (Å²) < 4.78 is 22.3. The molecule has 0 aromatic heterocycles. The minimum atomic E-state index is -3.70. The number of benzene rings is 1. The first kappa shape index (κ1) is 21.6. The average molecular weight is 381 g/mol. The molecule has 0 atom stereocenters. The summed E-state index contributed by atoms with van der Waals surface area (Å²) in [6.07, 6.45) is 8.76. The molecule has 0 aliphatic carbocycles. The van der Waals surface area contributed by atoms with Crippen molar-refractivity contribution in [2.45, 2.75) is 30.6 Å². The van der Waals surface area contributed by atoms with E-state index in [9.17, 15) is 18.0 Å². The van der Waals surface area contributed by atoms with Crippen molar-refractivity contribution < 1.29 is 23.2 Å². The molecule has 1 aromatic rings. The predicted molar refractivity (Wildman–Crippen MR) is 97.4 cm³/mol. The summed E-state index contributed by atoms with van der Waals surface area (Å²) in [5.74, 6) is -0.643. The third-order valence-corrected chi connectivity index (χ3v) is 4.29. The van der Waals surface area contributed by atoms with Crippen LogP contribution in [0.15, 0.2) is 47.4 Å². The van der Waals surface area contributed by atoms with Gasteiger partial charge in [-0.05, 0) is 30.5 Å². The van der Waals surface area contributed by atoms with Crippen molar-refractivity contribution in [3.63, 3.8) is 0 Å². The van der Waals surface area contributed by atoms with Gasteiger partial charge >= 0.3 is 0 Å². The predicted octanol–water partition coefficient (Wildman–Crippen LogP) is 1.09. The van der Waals surface area contributed by atoms with Crippen molar-refractivity contribution in [2.24, 2.45) is 5.14 Å². The van der Waals surface area contributed by atoms with E-state index in [1.54, 1.807) is 35.8 Å². The van der Waals surface area contributed by atoms with E-state index in [2.05, 4.69) is 5.32 Å². The molecule has 9 heteroatoms. The number of carbonyl (C=O) groups is 2. The minimum absolute atomic E-state index is 0.0431. The van der Waals surface area contributed by atoms with E-state index in [1.165, 1.54) is 18.2 Å². The maximum atomic E-state index is 11.6. The number of hydroxylamine groups is 1. The summed E-state index contributed by atoms with van der Waals surface area (Å²) in [6, 6.07) is 6.05. The van der Waals surface area contributed by atoms with E-state index in [0.29, 0.717) is 13.0 Å². The van der Waals surface area contributed by atoms with Crippen molar-refractivity contribution >= 4 is 27.9 Å². The van der Waals surface area contributed by atoms with Crippen molar-refractivity contribution in [1.29, 1.82) is 0 Å². The highest BCUT2D eigenvalue weighted by Crippen LogP contribution is 2.09. The molecule has 0 saturated heterocycles. The average Bonchev–Trinajstić information content (AvgIpc) is 2.61. The van der Waals surface area contributed by atoms with Gasteiger partial charge in [0.05, 0.1) is 4.90 Å². The van der Waals surface area contributed by atoms with Gasteiger partial charge in [-0.3, -0.25) is 14.8 Å². The zero-order valence-corrected chi connectivity index (χ0v) is 15.0. The smallest absolute Gasteiger partial charge is 0.243 e. The van der Waals surface area contributed by atoms with Crippen molar-refractivity contribution in [3.05, 3.63) is 48.1 Å². The SMILES string of the molecule is NS(=O)(=O)c1ccc(/C=C/C=C/C(=O)NCCCCCC(=O)NO)cc1. The van der Waals surface area contributed by atoms with Crippen LogP contribution in [0, 0.1) is 0 Å². The molecule has 0 bridgehead atoms. The van der Waals surface area contributed by atoms with Crippen LogP contribution in [0.2, 0.25) is 0 Å². The first-order chi connectivity index (χ1) is 12.3. The molecule has 0 fully saturated rings. The number of carbonyl (C=O) groups excluding carboxylic acids is 2. The lowest BCUT2D eigenvalue weighted by atomic mass is 10.2. The highest BCUT2D eigenvalue weighted by Gasteiger charge is 2.05. The first-order valence-electron chi connectivity index (χ1n) is 8.01. The van der Waals surface area contributed by atoms with E-state index >= 15 is 0 Å². The third kappa shape index (κ3) is 9.11. The number of nitrogens with two attached hydrogens (primary N) is 1. The lowest BCUT2D eigenvalue weighted by Gasteiger charge is -2.02. The summed E-state index contributed by atoms with van der Waals surface area (Å²) in [5.41, 5.74) is 2.34. The summed E-state index contributed by atoms with van der Waals surface area (Å²) >= 11 is 0. The van der Waals surface area contributed by atoms with Gasteiger partial charge in [0.15, 0.2) is 0 Å². The summed E-state index contributed by atoms with van der Waals surface area (Å²) in [4.78, 5) is 22.4. The quantitative estimate of drug-likeness (QED) is 0.158. The van der Waals surface area contributed by atoms with Gasteiger partial charge in [0.2, 0.25) is 21.8 Å². The zero-order chi connectivity index (χ0) is 19.4. The molecule has 0 aliphatic rings. The number of sulfonamides is 1. The van der Waals surface area contributed by atoms with Crippen LogP contribution in [0.5, 0.6) is 0 Å². The van der Waals surface area contributed by atoms with Crippen LogP contribution in [0.3, 0.4) is 0 Å². The molecule has 0 radical (unpaired) electrons. The Hall–Kier alpha value is -2.49. The molecule has 26 heavy (non-hydrogen) atoms. The Morgan fingerprint density at radius 1 is 1.08 bits per heavy atom. The second-order valence-electron chi connectivity index (χ2n) is 5.47. The van der Waals surface area contributed by atoms with Crippen LogP contribution in [-0.4, -0.2) is 32.0 Å². The van der Waals surface area contributed by atoms with Crippen LogP contribution in [0.1, 0.15) is 31.2 Å². The number of hydrogen-bond acceptors (Lipinski definition) is 5. The van der Waals surface area contributed by atoms with E-state index < -0.39 is 15.9 Å². The topological polar surface area (TPSA) is 139 Å². The van der Waals surface area contributed by atoms with Crippen LogP contribution in [-0.2, 0) is 19.6 Å². The maximum Gasteiger partial charge on any atom is 0.243 e. The Labute approximate surface area is 152 Å². The molecule has 0 unspecified atom stereocenters. The Bertz CT molecular complexity index is 755. The fraction of sp³-hybridized carbons (Fsp3) is 0.294. The highest BCUT2D eigenvalue weighted by atomic mass is 32.2. The number of hydrogen-bond donors (Lipinski definition) is 4.